The predicted octanol–water partition coefficient (Wildman–Crippen LogP) is 5.24. The number of ether oxygens (including phenoxy) is 2. The van der Waals surface area contributed by atoms with Crippen molar-refractivity contribution >= 4 is 39.8 Å². The number of hydrogen-bond acceptors (Lipinski definition) is 6. The summed E-state index contributed by atoms with van der Waals surface area (Å²) in [4.78, 5) is 52.1. The molecule has 188 valence electrons. The number of carbonyl (C=O) groups is 4. The fourth-order valence-corrected chi connectivity index (χ4v) is 4.25. The van der Waals surface area contributed by atoms with Crippen molar-refractivity contribution in [2.24, 2.45) is 0 Å². The van der Waals surface area contributed by atoms with Gasteiger partial charge < -0.3 is 14.8 Å². The molecule has 2 rings (SSSR count). The Balaban J connectivity index is 2.57. The molecule has 34 heavy (non-hydrogen) atoms. The number of cyclic esters (lactones) is 1. The summed E-state index contributed by atoms with van der Waals surface area (Å²) in [7, 11) is 0. The molecule has 1 aromatic carbocycles. The molecule has 0 unspecified atom stereocenters. The van der Waals surface area contributed by atoms with Gasteiger partial charge in [-0.2, -0.15) is 0 Å². The average Bonchev–Trinajstić information content (AvgIpc) is 3.07. The van der Waals surface area contributed by atoms with Gasteiger partial charge in [0.1, 0.15) is 18.2 Å². The van der Waals surface area contributed by atoms with Crippen LogP contribution in [0.15, 0.2) is 28.7 Å². The summed E-state index contributed by atoms with van der Waals surface area (Å²) in [6.07, 6.45) is -0.459. The first kappa shape index (κ1) is 27.8. The first-order valence-corrected chi connectivity index (χ1v) is 12.0. The Morgan fingerprint density at radius 1 is 1.18 bits per heavy atom. The third-order valence-electron chi connectivity index (χ3n) is 6.47. The van der Waals surface area contributed by atoms with E-state index < -0.39 is 46.7 Å². The molecule has 0 aliphatic carbocycles. The summed E-state index contributed by atoms with van der Waals surface area (Å²) < 4.78 is 28.0. The van der Waals surface area contributed by atoms with Crippen molar-refractivity contribution in [3.05, 3.63) is 34.3 Å². The van der Waals surface area contributed by atoms with E-state index in [0.717, 1.165) is 6.92 Å². The number of alkyl halides is 1. The molecule has 0 bridgehead atoms. The van der Waals surface area contributed by atoms with Crippen molar-refractivity contribution in [3.8, 4) is 0 Å². The molecule has 1 fully saturated rings. The fraction of sp³-hybridized carbons (Fsp3) is 0.583. The standard InChI is InChI=1S/C24H32BrFN2O6/c1-7-23(8-2,9-3)34-20(31)27-18(16-10-12-17(25)13-11-16)24(26,15(4)29)19(30)28-21(32)33-14-22(28,5)6/h10-13,18H,7-9,14H2,1-6H3,(H,27,31)/t18-,24+/m1/s1. The second-order valence-electron chi connectivity index (χ2n) is 9.04. The second-order valence-corrected chi connectivity index (χ2v) is 9.95. The van der Waals surface area contributed by atoms with E-state index in [2.05, 4.69) is 21.2 Å². The smallest absolute Gasteiger partial charge is 0.417 e. The number of halogens is 2. The Kier molecular flexibility index (Phi) is 8.50. The molecule has 1 N–H and O–H groups in total. The SMILES string of the molecule is CCC(CC)(CC)OC(=O)N[C@H](c1ccc(Br)cc1)[C@@](F)(C(C)=O)C(=O)N1C(=O)OCC1(C)C. The van der Waals surface area contributed by atoms with Gasteiger partial charge in [0, 0.05) is 4.47 Å². The van der Waals surface area contributed by atoms with Gasteiger partial charge in [-0.1, -0.05) is 48.8 Å². The molecular weight excluding hydrogens is 511 g/mol. The maximum Gasteiger partial charge on any atom is 0.417 e. The van der Waals surface area contributed by atoms with E-state index in [1.807, 2.05) is 20.8 Å². The van der Waals surface area contributed by atoms with Crippen LogP contribution >= 0.6 is 15.9 Å². The molecule has 1 aliphatic rings. The van der Waals surface area contributed by atoms with E-state index in [1.165, 1.54) is 26.0 Å². The highest BCUT2D eigenvalue weighted by Gasteiger charge is 2.60. The zero-order chi connectivity index (χ0) is 25.9. The van der Waals surface area contributed by atoms with E-state index in [-0.39, 0.29) is 12.2 Å². The predicted molar refractivity (Wildman–Crippen MR) is 127 cm³/mol. The van der Waals surface area contributed by atoms with E-state index in [4.69, 9.17) is 9.47 Å². The third-order valence-corrected chi connectivity index (χ3v) is 7.00. The minimum absolute atomic E-state index is 0.145. The number of carbonyl (C=O) groups excluding carboxylic acids is 4. The largest absolute Gasteiger partial charge is 0.447 e. The highest BCUT2D eigenvalue weighted by Crippen LogP contribution is 2.38. The number of rotatable bonds is 9. The van der Waals surface area contributed by atoms with Crippen molar-refractivity contribution in [2.75, 3.05) is 6.61 Å². The number of amides is 3. The summed E-state index contributed by atoms with van der Waals surface area (Å²) in [6, 6.07) is 4.36. The van der Waals surface area contributed by atoms with E-state index in [1.54, 1.807) is 12.1 Å². The van der Waals surface area contributed by atoms with Gasteiger partial charge in [0.2, 0.25) is 0 Å². The molecule has 0 saturated carbocycles. The summed E-state index contributed by atoms with van der Waals surface area (Å²) in [5.74, 6) is -2.58. The zero-order valence-electron chi connectivity index (χ0n) is 20.4. The van der Waals surface area contributed by atoms with Gasteiger partial charge in [-0.15, -0.1) is 0 Å². The Bertz CT molecular complexity index is 939. The van der Waals surface area contributed by atoms with Crippen LogP contribution in [0.2, 0.25) is 0 Å². The maximum absolute atomic E-state index is 16.7. The van der Waals surface area contributed by atoms with Crippen LogP contribution in [-0.4, -0.2) is 52.2 Å². The van der Waals surface area contributed by atoms with Crippen LogP contribution in [0.5, 0.6) is 0 Å². The molecule has 8 nitrogen and oxygen atoms in total. The van der Waals surface area contributed by atoms with Gasteiger partial charge in [-0.25, -0.2) is 18.9 Å². The van der Waals surface area contributed by atoms with Crippen LogP contribution < -0.4 is 5.32 Å². The number of imide groups is 1. The Labute approximate surface area is 207 Å². The first-order valence-electron chi connectivity index (χ1n) is 11.2. The Hall–Kier alpha value is -2.49. The molecule has 1 heterocycles. The number of nitrogens with zero attached hydrogens (tertiary/aromatic N) is 1. The summed E-state index contributed by atoms with van der Waals surface area (Å²) >= 11 is 3.29. The van der Waals surface area contributed by atoms with Crippen molar-refractivity contribution in [1.82, 2.24) is 10.2 Å². The third kappa shape index (κ3) is 5.26. The van der Waals surface area contributed by atoms with Crippen LogP contribution in [0.25, 0.3) is 0 Å². The monoisotopic (exact) mass is 542 g/mol. The number of Topliss-reactive ketones (excluding diaryl/α,β-unsaturated/α-hetero) is 1. The second kappa shape index (κ2) is 10.4. The Morgan fingerprint density at radius 3 is 2.12 bits per heavy atom. The van der Waals surface area contributed by atoms with Gasteiger partial charge >= 0.3 is 12.2 Å². The normalized spacial score (nSPS) is 18.0. The molecule has 1 aromatic rings. The average molecular weight is 543 g/mol. The number of alkyl carbamates (subject to hydrolysis) is 1. The molecule has 2 atom stereocenters. The summed E-state index contributed by atoms with van der Waals surface area (Å²) in [5, 5.41) is 2.41. The van der Waals surface area contributed by atoms with Crippen LogP contribution in [0, 0.1) is 0 Å². The van der Waals surface area contributed by atoms with E-state index in [0.29, 0.717) is 28.6 Å². The number of nitrogens with one attached hydrogen (secondary N) is 1. The van der Waals surface area contributed by atoms with Crippen molar-refractivity contribution < 1.29 is 33.0 Å². The molecule has 0 radical (unpaired) electrons. The van der Waals surface area contributed by atoms with Crippen LogP contribution in [0.3, 0.4) is 0 Å². The highest BCUT2D eigenvalue weighted by atomic mass is 79.9. The molecule has 1 saturated heterocycles. The lowest BCUT2D eigenvalue weighted by Crippen LogP contribution is -2.61. The quantitative estimate of drug-likeness (QED) is 0.428. The maximum atomic E-state index is 16.7. The van der Waals surface area contributed by atoms with Gasteiger partial charge in [-0.3, -0.25) is 9.59 Å². The number of benzene rings is 1. The minimum atomic E-state index is -3.30. The first-order chi connectivity index (χ1) is 15.8. The zero-order valence-corrected chi connectivity index (χ0v) is 22.0. The topological polar surface area (TPSA) is 102 Å². The lowest BCUT2D eigenvalue weighted by molar-refractivity contribution is -0.153. The minimum Gasteiger partial charge on any atom is -0.447 e. The lowest BCUT2D eigenvalue weighted by Gasteiger charge is -2.37. The molecule has 0 spiro atoms. The Morgan fingerprint density at radius 2 is 1.71 bits per heavy atom. The van der Waals surface area contributed by atoms with Gasteiger partial charge in [-0.05, 0) is 57.7 Å². The molecule has 3 amide bonds. The molecule has 10 heteroatoms. The van der Waals surface area contributed by atoms with Gasteiger partial charge in [0.25, 0.3) is 11.6 Å². The van der Waals surface area contributed by atoms with Crippen LogP contribution in [0.4, 0.5) is 14.0 Å². The van der Waals surface area contributed by atoms with Gasteiger partial charge in [0.15, 0.2) is 5.78 Å². The van der Waals surface area contributed by atoms with Crippen molar-refractivity contribution in [3.63, 3.8) is 0 Å². The van der Waals surface area contributed by atoms with Crippen LogP contribution in [-0.2, 0) is 19.1 Å². The van der Waals surface area contributed by atoms with E-state index >= 15 is 4.39 Å². The van der Waals surface area contributed by atoms with Crippen molar-refractivity contribution in [2.45, 2.75) is 83.7 Å². The van der Waals surface area contributed by atoms with Gasteiger partial charge in [0.05, 0.1) is 5.54 Å². The van der Waals surface area contributed by atoms with Crippen molar-refractivity contribution in [1.29, 1.82) is 0 Å². The molecule has 1 aliphatic heterocycles. The molecule has 0 aromatic heterocycles. The highest BCUT2D eigenvalue weighted by molar-refractivity contribution is 9.10. The summed E-state index contributed by atoms with van der Waals surface area (Å²) in [6.45, 7) is 9.38. The number of ketones is 1. The molecular formula is C24H32BrFN2O6. The van der Waals surface area contributed by atoms with E-state index in [9.17, 15) is 19.2 Å². The number of hydrogen-bond donors (Lipinski definition) is 1. The fourth-order valence-electron chi connectivity index (χ4n) is 3.99. The van der Waals surface area contributed by atoms with Crippen LogP contribution in [0.1, 0.15) is 72.4 Å². The lowest BCUT2D eigenvalue weighted by atomic mass is 9.84. The summed E-state index contributed by atoms with van der Waals surface area (Å²) in [5.41, 5.74) is -5.13.